The maximum absolute atomic E-state index is 12.9. The van der Waals surface area contributed by atoms with Gasteiger partial charge in [-0.3, -0.25) is 4.79 Å². The SMILES string of the molecule is CCOC(=O)c1ccc(S(=O)(=O)N2CCC(C(=O)N(C)C(C)CC#N)CC2)cc1. The first-order valence-corrected chi connectivity index (χ1v) is 11.1. The fourth-order valence-corrected chi connectivity index (χ4v) is 4.71. The number of nitrogens with zero attached hydrogens (tertiary/aromatic N) is 3. The predicted octanol–water partition coefficient (Wildman–Crippen LogP) is 2.02. The Morgan fingerprint density at radius 1 is 1.28 bits per heavy atom. The van der Waals surface area contributed by atoms with E-state index in [1.54, 1.807) is 18.9 Å². The summed E-state index contributed by atoms with van der Waals surface area (Å²) < 4.78 is 32.0. The molecule has 8 nitrogen and oxygen atoms in total. The van der Waals surface area contributed by atoms with Gasteiger partial charge in [-0.25, -0.2) is 13.2 Å². The van der Waals surface area contributed by atoms with E-state index in [1.165, 1.54) is 28.6 Å². The molecule has 1 saturated heterocycles. The number of carbonyl (C=O) groups is 2. The Bertz CT molecular complexity index is 868. The molecule has 0 bridgehead atoms. The van der Waals surface area contributed by atoms with Crippen LogP contribution in [0.4, 0.5) is 0 Å². The van der Waals surface area contributed by atoms with Crippen molar-refractivity contribution in [3.05, 3.63) is 29.8 Å². The first-order chi connectivity index (χ1) is 13.7. The third-order valence-electron chi connectivity index (χ3n) is 5.20. The minimum Gasteiger partial charge on any atom is -0.462 e. The van der Waals surface area contributed by atoms with Crippen molar-refractivity contribution in [2.75, 3.05) is 26.7 Å². The molecule has 0 aromatic heterocycles. The fraction of sp³-hybridized carbons (Fsp3) is 0.550. The predicted molar refractivity (Wildman–Crippen MR) is 106 cm³/mol. The molecule has 158 valence electrons. The zero-order valence-corrected chi connectivity index (χ0v) is 17.8. The molecular weight excluding hydrogens is 394 g/mol. The molecule has 1 fully saturated rings. The van der Waals surface area contributed by atoms with Crippen LogP contribution < -0.4 is 0 Å². The number of amides is 1. The highest BCUT2D eigenvalue weighted by atomic mass is 32.2. The number of hydrogen-bond donors (Lipinski definition) is 0. The molecule has 1 aromatic carbocycles. The van der Waals surface area contributed by atoms with Crippen molar-refractivity contribution in [3.8, 4) is 6.07 Å². The molecule has 0 N–H and O–H groups in total. The monoisotopic (exact) mass is 421 g/mol. The van der Waals surface area contributed by atoms with Gasteiger partial charge in [0, 0.05) is 32.1 Å². The molecule has 0 aliphatic carbocycles. The summed E-state index contributed by atoms with van der Waals surface area (Å²) in [6.45, 7) is 4.27. The van der Waals surface area contributed by atoms with Gasteiger partial charge in [-0.2, -0.15) is 9.57 Å². The Kier molecular flexibility index (Phi) is 7.76. The number of esters is 1. The van der Waals surface area contributed by atoms with Gasteiger partial charge in [-0.15, -0.1) is 0 Å². The Labute approximate surface area is 172 Å². The number of rotatable bonds is 7. The highest BCUT2D eigenvalue weighted by Gasteiger charge is 2.34. The molecule has 2 rings (SSSR count). The second-order valence-electron chi connectivity index (χ2n) is 7.08. The fourth-order valence-electron chi connectivity index (χ4n) is 3.24. The van der Waals surface area contributed by atoms with Gasteiger partial charge in [0.25, 0.3) is 0 Å². The summed E-state index contributed by atoms with van der Waals surface area (Å²) in [5.41, 5.74) is 0.296. The third kappa shape index (κ3) is 5.34. The minimum atomic E-state index is -3.70. The molecule has 1 aliphatic rings. The summed E-state index contributed by atoms with van der Waals surface area (Å²) in [5, 5.41) is 8.80. The quantitative estimate of drug-likeness (QED) is 0.623. The van der Waals surface area contributed by atoms with Crippen molar-refractivity contribution in [3.63, 3.8) is 0 Å². The van der Waals surface area contributed by atoms with E-state index in [9.17, 15) is 18.0 Å². The standard InChI is InChI=1S/C20H27N3O5S/c1-4-28-20(25)17-5-7-18(8-6-17)29(26,27)23-13-10-16(11-14-23)19(24)22(3)15(2)9-12-21/h5-8,15-16H,4,9-11,13-14H2,1-3H3. The number of piperidine rings is 1. The van der Waals surface area contributed by atoms with E-state index < -0.39 is 16.0 Å². The molecule has 0 radical (unpaired) electrons. The second kappa shape index (κ2) is 9.85. The lowest BCUT2D eigenvalue weighted by Crippen LogP contribution is -2.45. The molecule has 0 spiro atoms. The maximum Gasteiger partial charge on any atom is 0.338 e. The van der Waals surface area contributed by atoms with E-state index in [0.29, 0.717) is 18.4 Å². The zero-order chi connectivity index (χ0) is 21.6. The number of hydrogen-bond acceptors (Lipinski definition) is 6. The topological polar surface area (TPSA) is 108 Å². The second-order valence-corrected chi connectivity index (χ2v) is 9.02. The van der Waals surface area contributed by atoms with Crippen LogP contribution in [0.5, 0.6) is 0 Å². The van der Waals surface area contributed by atoms with Gasteiger partial charge in [0.05, 0.1) is 29.6 Å². The van der Waals surface area contributed by atoms with Crippen LogP contribution in [0.25, 0.3) is 0 Å². The lowest BCUT2D eigenvalue weighted by molar-refractivity contribution is -0.137. The van der Waals surface area contributed by atoms with Gasteiger partial charge in [0.15, 0.2) is 0 Å². The van der Waals surface area contributed by atoms with Gasteiger partial charge in [0.2, 0.25) is 15.9 Å². The van der Waals surface area contributed by atoms with Gasteiger partial charge < -0.3 is 9.64 Å². The molecule has 1 heterocycles. The summed E-state index contributed by atoms with van der Waals surface area (Å²) in [5.74, 6) is -0.798. The maximum atomic E-state index is 12.9. The van der Waals surface area contributed by atoms with Crippen LogP contribution in [0.1, 0.15) is 43.5 Å². The van der Waals surface area contributed by atoms with Crippen molar-refractivity contribution in [2.45, 2.75) is 44.0 Å². The molecule has 1 aliphatic heterocycles. The molecule has 29 heavy (non-hydrogen) atoms. The average Bonchev–Trinajstić information content (AvgIpc) is 2.73. The van der Waals surface area contributed by atoms with E-state index in [1.807, 2.05) is 6.92 Å². The summed E-state index contributed by atoms with van der Waals surface area (Å²) in [4.78, 5) is 26.0. The van der Waals surface area contributed by atoms with Crippen LogP contribution in [0.2, 0.25) is 0 Å². The Balaban J connectivity index is 2.02. The number of carbonyl (C=O) groups excluding carboxylic acids is 2. The Morgan fingerprint density at radius 2 is 1.86 bits per heavy atom. The summed E-state index contributed by atoms with van der Waals surface area (Å²) in [6.07, 6.45) is 1.13. The van der Waals surface area contributed by atoms with Gasteiger partial charge in [-0.05, 0) is 51.0 Å². The number of ether oxygens (including phenoxy) is 1. The highest BCUT2D eigenvalue weighted by Crippen LogP contribution is 2.26. The Morgan fingerprint density at radius 3 is 2.38 bits per heavy atom. The number of sulfonamides is 1. The summed E-state index contributed by atoms with van der Waals surface area (Å²) in [6, 6.07) is 7.56. The van der Waals surface area contributed by atoms with Crippen LogP contribution in [0.3, 0.4) is 0 Å². The van der Waals surface area contributed by atoms with Crippen molar-refractivity contribution >= 4 is 21.9 Å². The molecule has 1 amide bonds. The van der Waals surface area contributed by atoms with Gasteiger partial charge in [-0.1, -0.05) is 0 Å². The largest absolute Gasteiger partial charge is 0.462 e. The average molecular weight is 422 g/mol. The number of benzene rings is 1. The third-order valence-corrected chi connectivity index (χ3v) is 7.11. The normalized spacial score (nSPS) is 16.6. The van der Waals surface area contributed by atoms with Crippen LogP contribution in [0, 0.1) is 17.2 Å². The van der Waals surface area contributed by atoms with Crippen molar-refractivity contribution in [1.29, 1.82) is 5.26 Å². The molecule has 1 atom stereocenters. The molecular formula is C20H27N3O5S. The van der Waals surface area contributed by atoms with E-state index in [4.69, 9.17) is 10.00 Å². The summed E-state index contributed by atoms with van der Waals surface area (Å²) >= 11 is 0. The lowest BCUT2D eigenvalue weighted by Gasteiger charge is -2.34. The van der Waals surface area contributed by atoms with Gasteiger partial charge >= 0.3 is 5.97 Å². The molecule has 0 saturated carbocycles. The van der Waals surface area contributed by atoms with E-state index >= 15 is 0 Å². The summed E-state index contributed by atoms with van der Waals surface area (Å²) in [7, 11) is -2.02. The van der Waals surface area contributed by atoms with Crippen LogP contribution >= 0.6 is 0 Å². The van der Waals surface area contributed by atoms with Gasteiger partial charge in [0.1, 0.15) is 0 Å². The van der Waals surface area contributed by atoms with E-state index in [0.717, 1.165) is 0 Å². The van der Waals surface area contributed by atoms with Crippen molar-refractivity contribution < 1.29 is 22.7 Å². The smallest absolute Gasteiger partial charge is 0.338 e. The highest BCUT2D eigenvalue weighted by molar-refractivity contribution is 7.89. The number of nitriles is 1. The first kappa shape index (κ1) is 22.8. The van der Waals surface area contributed by atoms with E-state index in [2.05, 4.69) is 6.07 Å². The van der Waals surface area contributed by atoms with E-state index in [-0.39, 0.29) is 48.9 Å². The minimum absolute atomic E-state index is 0.0522. The Hall–Kier alpha value is -2.44. The molecule has 1 aromatic rings. The zero-order valence-electron chi connectivity index (χ0n) is 17.0. The van der Waals surface area contributed by atoms with Crippen LogP contribution in [-0.2, 0) is 19.6 Å². The van der Waals surface area contributed by atoms with Crippen LogP contribution in [0.15, 0.2) is 29.2 Å². The molecule has 9 heteroatoms. The molecule has 1 unspecified atom stereocenters. The first-order valence-electron chi connectivity index (χ1n) is 9.63. The van der Waals surface area contributed by atoms with Crippen LogP contribution in [-0.4, -0.2) is 62.3 Å². The van der Waals surface area contributed by atoms with Crippen molar-refractivity contribution in [2.24, 2.45) is 5.92 Å². The van der Waals surface area contributed by atoms with Crippen molar-refractivity contribution in [1.82, 2.24) is 9.21 Å². The lowest BCUT2D eigenvalue weighted by atomic mass is 9.96.